The lowest BCUT2D eigenvalue weighted by atomic mass is 10.2. The lowest BCUT2D eigenvalue weighted by Crippen LogP contribution is -1.96. The van der Waals surface area contributed by atoms with Crippen LogP contribution in [0.15, 0.2) is 51.4 Å². The molecule has 0 heterocycles. The number of hydrogen-bond donors (Lipinski definition) is 1. The van der Waals surface area contributed by atoms with Crippen molar-refractivity contribution in [3.8, 4) is 0 Å². The van der Waals surface area contributed by atoms with Crippen LogP contribution in [0.25, 0.3) is 0 Å². The summed E-state index contributed by atoms with van der Waals surface area (Å²) in [7, 11) is 0. The highest BCUT2D eigenvalue weighted by molar-refractivity contribution is 9.10. The molecule has 0 aromatic heterocycles. The molecule has 2 aromatic rings. The maximum Gasteiger partial charge on any atom is 0.0722 e. The Balaban J connectivity index is 1.88. The van der Waals surface area contributed by atoms with Crippen LogP contribution in [-0.2, 0) is 18.0 Å². The van der Waals surface area contributed by atoms with Gasteiger partial charge in [-0.15, -0.1) is 0 Å². The van der Waals surface area contributed by atoms with Crippen LogP contribution >= 0.6 is 31.9 Å². The van der Waals surface area contributed by atoms with Gasteiger partial charge in [-0.05, 0) is 51.3 Å². The number of anilines is 1. The second-order valence-electron chi connectivity index (χ2n) is 3.98. The van der Waals surface area contributed by atoms with Crippen LogP contribution in [0.3, 0.4) is 0 Å². The molecule has 2 N–H and O–H groups in total. The quantitative estimate of drug-likeness (QED) is 0.803. The topological polar surface area (TPSA) is 35.2 Å². The Morgan fingerprint density at radius 2 is 1.50 bits per heavy atom. The molecule has 0 aliphatic heterocycles. The standard InChI is InChI=1S/C14H13Br2NO/c15-12-4-1-10(2-5-12)8-18-9-11-3-6-13(16)14(17)7-11/h1-7H,8-9,17H2. The SMILES string of the molecule is Nc1cc(COCc2ccc(Br)cc2)ccc1Br. The molecule has 0 spiro atoms. The van der Waals surface area contributed by atoms with Crippen LogP contribution in [0.1, 0.15) is 11.1 Å². The number of benzene rings is 2. The van der Waals surface area contributed by atoms with E-state index in [1.54, 1.807) is 0 Å². The number of ether oxygens (including phenoxy) is 1. The van der Waals surface area contributed by atoms with Crippen LogP contribution in [0.5, 0.6) is 0 Å². The normalized spacial score (nSPS) is 10.6. The fourth-order valence-electron chi connectivity index (χ4n) is 1.55. The summed E-state index contributed by atoms with van der Waals surface area (Å²) in [5.41, 5.74) is 8.78. The number of rotatable bonds is 4. The molecular weight excluding hydrogens is 358 g/mol. The first-order chi connectivity index (χ1) is 8.65. The van der Waals surface area contributed by atoms with Gasteiger partial charge in [-0.2, -0.15) is 0 Å². The van der Waals surface area contributed by atoms with E-state index in [2.05, 4.69) is 31.9 Å². The van der Waals surface area contributed by atoms with E-state index in [4.69, 9.17) is 10.5 Å². The Kier molecular flexibility index (Phi) is 4.80. The van der Waals surface area contributed by atoms with Crippen LogP contribution < -0.4 is 5.73 Å². The molecule has 2 aromatic carbocycles. The second-order valence-corrected chi connectivity index (χ2v) is 5.75. The van der Waals surface area contributed by atoms with Gasteiger partial charge >= 0.3 is 0 Å². The van der Waals surface area contributed by atoms with Gasteiger partial charge in [0, 0.05) is 14.6 Å². The van der Waals surface area contributed by atoms with Crippen molar-refractivity contribution in [2.75, 3.05) is 5.73 Å². The molecule has 0 aliphatic rings. The Bertz CT molecular complexity index is 526. The molecule has 0 aliphatic carbocycles. The molecule has 0 bridgehead atoms. The van der Waals surface area contributed by atoms with Crippen molar-refractivity contribution in [1.29, 1.82) is 0 Å². The highest BCUT2D eigenvalue weighted by Gasteiger charge is 1.99. The molecular formula is C14H13Br2NO. The van der Waals surface area contributed by atoms with Gasteiger partial charge < -0.3 is 10.5 Å². The summed E-state index contributed by atoms with van der Waals surface area (Å²) in [6.07, 6.45) is 0. The molecule has 2 nitrogen and oxygen atoms in total. The summed E-state index contributed by atoms with van der Waals surface area (Å²) < 4.78 is 7.65. The highest BCUT2D eigenvalue weighted by Crippen LogP contribution is 2.20. The van der Waals surface area contributed by atoms with Crippen molar-refractivity contribution in [3.05, 3.63) is 62.5 Å². The number of halogens is 2. The van der Waals surface area contributed by atoms with E-state index in [9.17, 15) is 0 Å². The monoisotopic (exact) mass is 369 g/mol. The van der Waals surface area contributed by atoms with Crippen molar-refractivity contribution in [3.63, 3.8) is 0 Å². The van der Waals surface area contributed by atoms with Crippen molar-refractivity contribution in [2.45, 2.75) is 13.2 Å². The summed E-state index contributed by atoms with van der Waals surface area (Å²) in [6, 6.07) is 14.0. The summed E-state index contributed by atoms with van der Waals surface area (Å²) in [5.74, 6) is 0. The van der Waals surface area contributed by atoms with E-state index < -0.39 is 0 Å². The summed E-state index contributed by atoms with van der Waals surface area (Å²) in [6.45, 7) is 1.16. The van der Waals surface area contributed by atoms with Crippen molar-refractivity contribution in [2.24, 2.45) is 0 Å². The van der Waals surface area contributed by atoms with Gasteiger partial charge in [0.05, 0.1) is 13.2 Å². The highest BCUT2D eigenvalue weighted by atomic mass is 79.9. The van der Waals surface area contributed by atoms with Gasteiger partial charge in [-0.3, -0.25) is 0 Å². The van der Waals surface area contributed by atoms with E-state index in [1.165, 1.54) is 0 Å². The number of hydrogen-bond acceptors (Lipinski definition) is 2. The summed E-state index contributed by atoms with van der Waals surface area (Å²) >= 11 is 6.78. The molecule has 0 saturated carbocycles. The molecule has 2 rings (SSSR count). The lowest BCUT2D eigenvalue weighted by Gasteiger charge is -2.06. The lowest BCUT2D eigenvalue weighted by molar-refractivity contribution is 0.107. The molecule has 0 unspecified atom stereocenters. The zero-order valence-corrected chi connectivity index (χ0v) is 12.9. The average molecular weight is 371 g/mol. The first-order valence-corrected chi connectivity index (χ1v) is 7.10. The minimum Gasteiger partial charge on any atom is -0.398 e. The minimum atomic E-state index is 0.563. The third-order valence-electron chi connectivity index (χ3n) is 2.51. The van der Waals surface area contributed by atoms with Gasteiger partial charge in [-0.1, -0.05) is 34.1 Å². The summed E-state index contributed by atoms with van der Waals surface area (Å²) in [5, 5.41) is 0. The van der Waals surface area contributed by atoms with Crippen molar-refractivity contribution < 1.29 is 4.74 Å². The molecule has 94 valence electrons. The van der Waals surface area contributed by atoms with Gasteiger partial charge in [0.15, 0.2) is 0 Å². The molecule has 4 heteroatoms. The average Bonchev–Trinajstić information content (AvgIpc) is 2.36. The maximum atomic E-state index is 5.81. The van der Waals surface area contributed by atoms with Gasteiger partial charge in [0.25, 0.3) is 0 Å². The van der Waals surface area contributed by atoms with Gasteiger partial charge in [0.2, 0.25) is 0 Å². The predicted octanol–water partition coefficient (Wildman–Crippen LogP) is 4.51. The van der Waals surface area contributed by atoms with Crippen LogP contribution in [0.2, 0.25) is 0 Å². The van der Waals surface area contributed by atoms with Crippen molar-refractivity contribution in [1.82, 2.24) is 0 Å². The number of nitrogens with two attached hydrogens (primary N) is 1. The van der Waals surface area contributed by atoms with E-state index in [1.807, 2.05) is 42.5 Å². The molecule has 0 radical (unpaired) electrons. The maximum absolute atomic E-state index is 5.81. The Hall–Kier alpha value is -0.840. The van der Waals surface area contributed by atoms with E-state index in [0.717, 1.165) is 25.8 Å². The predicted molar refractivity (Wildman–Crippen MR) is 81.2 cm³/mol. The fourth-order valence-corrected chi connectivity index (χ4v) is 2.06. The number of nitrogen functional groups attached to an aromatic ring is 1. The first-order valence-electron chi connectivity index (χ1n) is 5.51. The third-order valence-corrected chi connectivity index (χ3v) is 3.76. The molecule has 0 atom stereocenters. The fraction of sp³-hybridized carbons (Fsp3) is 0.143. The molecule has 0 amide bonds. The van der Waals surface area contributed by atoms with Crippen LogP contribution in [0.4, 0.5) is 5.69 Å². The second kappa shape index (κ2) is 6.36. The van der Waals surface area contributed by atoms with Gasteiger partial charge in [0.1, 0.15) is 0 Å². The zero-order chi connectivity index (χ0) is 13.0. The van der Waals surface area contributed by atoms with Crippen LogP contribution in [-0.4, -0.2) is 0 Å². The molecule has 0 fully saturated rings. The van der Waals surface area contributed by atoms with Gasteiger partial charge in [-0.25, -0.2) is 0 Å². The van der Waals surface area contributed by atoms with Crippen molar-refractivity contribution >= 4 is 37.5 Å². The third kappa shape index (κ3) is 3.83. The Morgan fingerprint density at radius 3 is 2.17 bits per heavy atom. The Morgan fingerprint density at radius 1 is 0.889 bits per heavy atom. The van der Waals surface area contributed by atoms with Crippen LogP contribution in [0, 0.1) is 0 Å². The van der Waals surface area contributed by atoms with E-state index in [-0.39, 0.29) is 0 Å². The minimum absolute atomic E-state index is 0.563. The van der Waals surface area contributed by atoms with E-state index in [0.29, 0.717) is 13.2 Å². The molecule has 18 heavy (non-hydrogen) atoms. The smallest absolute Gasteiger partial charge is 0.0722 e. The first kappa shape index (κ1) is 13.6. The van der Waals surface area contributed by atoms with E-state index >= 15 is 0 Å². The zero-order valence-electron chi connectivity index (χ0n) is 9.70. The largest absolute Gasteiger partial charge is 0.398 e. The molecule has 0 saturated heterocycles. The summed E-state index contributed by atoms with van der Waals surface area (Å²) in [4.78, 5) is 0. The Labute approximate surface area is 123 Å².